The molecule has 0 aliphatic heterocycles. The molecule has 0 fully saturated rings. The van der Waals surface area contributed by atoms with Crippen molar-refractivity contribution in [2.24, 2.45) is 0 Å². The summed E-state index contributed by atoms with van der Waals surface area (Å²) in [6, 6.07) is 7.20. The quantitative estimate of drug-likeness (QED) is 0.854. The third kappa shape index (κ3) is 3.32. The summed E-state index contributed by atoms with van der Waals surface area (Å²) < 4.78 is 5.92. The van der Waals surface area contributed by atoms with Crippen LogP contribution in [0.25, 0.3) is 0 Å². The number of hydrogen-bond acceptors (Lipinski definition) is 3. The number of carbonyl (C=O) groups is 1. The van der Waals surface area contributed by atoms with E-state index in [4.69, 9.17) is 4.74 Å². The molecule has 82 valence electrons. The number of likely N-dealkylation sites (N-methyl/N-ethyl adjacent to an activating group) is 1. The molecule has 0 saturated heterocycles. The Bertz CT molecular complexity index is 341. The van der Waals surface area contributed by atoms with Gasteiger partial charge in [0.2, 0.25) is 0 Å². The molecule has 1 N–H and O–H groups in total. The van der Waals surface area contributed by atoms with Gasteiger partial charge in [-0.2, -0.15) is 0 Å². The minimum atomic E-state index is -0.401. The van der Waals surface area contributed by atoms with Crippen molar-refractivity contribution >= 4 is 21.9 Å². The van der Waals surface area contributed by atoms with E-state index < -0.39 is 6.04 Å². The van der Waals surface area contributed by atoms with Gasteiger partial charge in [-0.3, -0.25) is 0 Å². The number of carbonyl (C=O) groups excluding carboxylic acids is 1. The largest absolute Gasteiger partial charge is 0.465 e. The van der Waals surface area contributed by atoms with E-state index in [-0.39, 0.29) is 5.97 Å². The molecule has 0 spiro atoms. The van der Waals surface area contributed by atoms with Crippen LogP contribution in [0.1, 0.15) is 18.5 Å². The fourth-order valence-electron chi connectivity index (χ4n) is 1.33. The predicted octanol–water partition coefficient (Wildman–Crippen LogP) is 2.27. The maximum Gasteiger partial charge on any atom is 0.327 e. The van der Waals surface area contributed by atoms with Gasteiger partial charge < -0.3 is 10.1 Å². The number of benzene rings is 1. The molecule has 4 heteroatoms. The average Bonchev–Trinajstić information content (AvgIpc) is 2.19. The molecule has 0 bridgehead atoms. The Hall–Kier alpha value is -0.870. The highest BCUT2D eigenvalue weighted by molar-refractivity contribution is 9.10. The van der Waals surface area contributed by atoms with Crippen molar-refractivity contribution in [3.05, 3.63) is 34.3 Å². The minimum Gasteiger partial charge on any atom is -0.465 e. The van der Waals surface area contributed by atoms with Gasteiger partial charge in [0.15, 0.2) is 0 Å². The number of nitrogens with one attached hydrogen (secondary N) is 1. The normalized spacial score (nSPS) is 12.2. The molecule has 0 amide bonds. The van der Waals surface area contributed by atoms with Crippen molar-refractivity contribution in [3.63, 3.8) is 0 Å². The Morgan fingerprint density at radius 2 is 2.33 bits per heavy atom. The van der Waals surface area contributed by atoms with Crippen LogP contribution in [0.3, 0.4) is 0 Å². The monoisotopic (exact) mass is 271 g/mol. The highest BCUT2D eigenvalue weighted by Gasteiger charge is 2.19. The predicted molar refractivity (Wildman–Crippen MR) is 62.6 cm³/mol. The molecular weight excluding hydrogens is 258 g/mol. The summed E-state index contributed by atoms with van der Waals surface area (Å²) in [4.78, 5) is 11.6. The molecule has 0 saturated carbocycles. The number of hydrogen-bond donors (Lipinski definition) is 1. The molecule has 1 aromatic carbocycles. The summed E-state index contributed by atoms with van der Waals surface area (Å²) in [6.45, 7) is 2.19. The van der Waals surface area contributed by atoms with Crippen molar-refractivity contribution in [2.45, 2.75) is 13.0 Å². The van der Waals surface area contributed by atoms with Gasteiger partial charge in [0.05, 0.1) is 6.61 Å². The van der Waals surface area contributed by atoms with Gasteiger partial charge in [-0.25, -0.2) is 4.79 Å². The summed E-state index contributed by atoms with van der Waals surface area (Å²) in [7, 11) is 1.74. The number of rotatable bonds is 4. The van der Waals surface area contributed by atoms with Crippen LogP contribution >= 0.6 is 15.9 Å². The van der Waals surface area contributed by atoms with Gasteiger partial charge in [-0.05, 0) is 31.7 Å². The van der Waals surface area contributed by atoms with E-state index in [0.717, 1.165) is 10.0 Å². The highest BCUT2D eigenvalue weighted by Crippen LogP contribution is 2.18. The van der Waals surface area contributed by atoms with E-state index in [9.17, 15) is 4.79 Å². The highest BCUT2D eigenvalue weighted by atomic mass is 79.9. The lowest BCUT2D eigenvalue weighted by atomic mass is 10.1. The first-order valence-electron chi connectivity index (χ1n) is 4.78. The van der Waals surface area contributed by atoms with Crippen molar-refractivity contribution in [1.29, 1.82) is 0 Å². The summed E-state index contributed by atoms with van der Waals surface area (Å²) in [5, 5.41) is 2.93. The van der Waals surface area contributed by atoms with E-state index in [2.05, 4.69) is 21.2 Å². The minimum absolute atomic E-state index is 0.252. The number of halogens is 1. The molecule has 1 aromatic rings. The van der Waals surface area contributed by atoms with Crippen LogP contribution in [0.5, 0.6) is 0 Å². The second-order valence-electron chi connectivity index (χ2n) is 3.03. The van der Waals surface area contributed by atoms with Gasteiger partial charge >= 0.3 is 5.97 Å². The smallest absolute Gasteiger partial charge is 0.327 e. The Kier molecular flexibility index (Phi) is 4.78. The lowest BCUT2D eigenvalue weighted by Gasteiger charge is -2.15. The van der Waals surface area contributed by atoms with Crippen molar-refractivity contribution in [2.75, 3.05) is 13.7 Å². The molecule has 1 rings (SSSR count). The first-order chi connectivity index (χ1) is 7.19. The summed E-state index contributed by atoms with van der Waals surface area (Å²) in [6.07, 6.45) is 0. The summed E-state index contributed by atoms with van der Waals surface area (Å²) >= 11 is 3.37. The Morgan fingerprint density at radius 1 is 1.60 bits per heavy atom. The van der Waals surface area contributed by atoms with Crippen LogP contribution in [-0.2, 0) is 9.53 Å². The van der Waals surface area contributed by atoms with Gasteiger partial charge in [0.25, 0.3) is 0 Å². The fourth-order valence-corrected chi connectivity index (χ4v) is 1.75. The molecule has 1 unspecified atom stereocenters. The molecular formula is C11H14BrNO2. The van der Waals surface area contributed by atoms with Crippen LogP contribution in [0, 0.1) is 0 Å². The van der Waals surface area contributed by atoms with Gasteiger partial charge in [-0.15, -0.1) is 0 Å². The fraction of sp³-hybridized carbons (Fsp3) is 0.364. The lowest BCUT2D eigenvalue weighted by Crippen LogP contribution is -2.27. The van der Waals surface area contributed by atoms with Crippen LogP contribution in [0.15, 0.2) is 28.7 Å². The van der Waals surface area contributed by atoms with Gasteiger partial charge in [-0.1, -0.05) is 28.1 Å². The molecule has 0 aliphatic rings. The lowest BCUT2D eigenvalue weighted by molar-refractivity contribution is -0.145. The molecule has 0 aromatic heterocycles. The van der Waals surface area contributed by atoms with Crippen LogP contribution < -0.4 is 5.32 Å². The second-order valence-corrected chi connectivity index (χ2v) is 3.94. The number of esters is 1. The molecule has 3 nitrogen and oxygen atoms in total. The van der Waals surface area contributed by atoms with E-state index in [1.165, 1.54) is 0 Å². The van der Waals surface area contributed by atoms with Crippen molar-refractivity contribution in [3.8, 4) is 0 Å². The standard InChI is InChI=1S/C11H14BrNO2/c1-3-15-11(14)10(13-2)8-5-4-6-9(12)7-8/h4-7,10,13H,3H2,1-2H3. The zero-order valence-corrected chi connectivity index (χ0v) is 10.4. The van der Waals surface area contributed by atoms with Crippen LogP contribution in [-0.4, -0.2) is 19.6 Å². The molecule has 0 heterocycles. The van der Waals surface area contributed by atoms with Crippen molar-refractivity contribution in [1.82, 2.24) is 5.32 Å². The maximum atomic E-state index is 11.6. The zero-order chi connectivity index (χ0) is 11.3. The third-order valence-corrected chi connectivity index (χ3v) is 2.49. The first-order valence-corrected chi connectivity index (χ1v) is 5.57. The first kappa shape index (κ1) is 12.2. The topological polar surface area (TPSA) is 38.3 Å². The average molecular weight is 272 g/mol. The van der Waals surface area contributed by atoms with Crippen LogP contribution in [0.2, 0.25) is 0 Å². The SMILES string of the molecule is CCOC(=O)C(NC)c1cccc(Br)c1. The van der Waals surface area contributed by atoms with Crippen molar-refractivity contribution < 1.29 is 9.53 Å². The van der Waals surface area contributed by atoms with E-state index in [0.29, 0.717) is 6.61 Å². The Balaban J connectivity index is 2.87. The summed E-state index contributed by atoms with van der Waals surface area (Å²) in [5.41, 5.74) is 0.894. The van der Waals surface area contributed by atoms with E-state index >= 15 is 0 Å². The molecule has 1 atom stereocenters. The third-order valence-electron chi connectivity index (χ3n) is 1.99. The van der Waals surface area contributed by atoms with Gasteiger partial charge in [0.1, 0.15) is 6.04 Å². The molecule has 0 aliphatic carbocycles. The zero-order valence-electron chi connectivity index (χ0n) is 8.79. The molecule has 15 heavy (non-hydrogen) atoms. The number of ether oxygens (including phenoxy) is 1. The van der Waals surface area contributed by atoms with Gasteiger partial charge in [0, 0.05) is 4.47 Å². The Labute approximate surface area is 97.9 Å². The summed E-state index contributed by atoms with van der Waals surface area (Å²) in [5.74, 6) is -0.252. The van der Waals surface area contributed by atoms with E-state index in [1.807, 2.05) is 24.3 Å². The molecule has 0 radical (unpaired) electrons. The van der Waals surface area contributed by atoms with Crippen LogP contribution in [0.4, 0.5) is 0 Å². The maximum absolute atomic E-state index is 11.6. The Morgan fingerprint density at radius 3 is 2.87 bits per heavy atom. The van der Waals surface area contributed by atoms with E-state index in [1.54, 1.807) is 14.0 Å². The second kappa shape index (κ2) is 5.88.